The molecule has 0 aromatic heterocycles. The van der Waals surface area contributed by atoms with Gasteiger partial charge in [-0.05, 0) is 12.8 Å². The first-order chi connectivity index (χ1) is 5.62. The van der Waals surface area contributed by atoms with Gasteiger partial charge in [0.2, 0.25) is 0 Å². The van der Waals surface area contributed by atoms with Crippen molar-refractivity contribution in [3.05, 3.63) is 0 Å². The molecular weight excluding hydrogens is 154 g/mol. The molecule has 1 rings (SSSR count). The summed E-state index contributed by atoms with van der Waals surface area (Å²) in [5.41, 5.74) is 5.80. The Bertz CT molecular complexity index is 162. The van der Waals surface area contributed by atoms with E-state index in [9.17, 15) is 4.79 Å². The molecule has 0 heterocycles. The summed E-state index contributed by atoms with van der Waals surface area (Å²) in [7, 11) is 0. The molecule has 0 bridgehead atoms. The minimum absolute atomic E-state index is 0.231. The van der Waals surface area contributed by atoms with E-state index in [0.29, 0.717) is 6.61 Å². The van der Waals surface area contributed by atoms with E-state index in [0.717, 1.165) is 25.7 Å². The van der Waals surface area contributed by atoms with Crippen molar-refractivity contribution in [1.82, 2.24) is 0 Å². The summed E-state index contributed by atoms with van der Waals surface area (Å²) in [6.45, 7) is 1.81. The van der Waals surface area contributed by atoms with Crippen molar-refractivity contribution in [3.8, 4) is 0 Å². The minimum atomic E-state index is -0.232. The van der Waals surface area contributed by atoms with Crippen molar-refractivity contribution in [2.45, 2.75) is 44.6 Å². The summed E-state index contributed by atoms with van der Waals surface area (Å²) in [6.07, 6.45) is 5.56. The van der Waals surface area contributed by atoms with E-state index in [1.54, 1.807) is 0 Å². The van der Waals surface area contributed by atoms with Crippen LogP contribution in [0.15, 0.2) is 0 Å². The third-order valence-electron chi connectivity index (χ3n) is 2.41. The number of hydrogen-bond acceptors (Lipinski definition) is 3. The second kappa shape index (κ2) is 3.90. The van der Waals surface area contributed by atoms with Crippen molar-refractivity contribution in [2.24, 2.45) is 5.73 Å². The van der Waals surface area contributed by atoms with E-state index in [2.05, 4.69) is 0 Å². The van der Waals surface area contributed by atoms with Crippen LogP contribution >= 0.6 is 0 Å². The van der Waals surface area contributed by atoms with E-state index < -0.39 is 0 Å². The van der Waals surface area contributed by atoms with Gasteiger partial charge in [0.1, 0.15) is 6.61 Å². The fourth-order valence-electron chi connectivity index (χ4n) is 1.65. The monoisotopic (exact) mass is 171 g/mol. The van der Waals surface area contributed by atoms with Gasteiger partial charge in [-0.3, -0.25) is 4.79 Å². The lowest BCUT2D eigenvalue weighted by Crippen LogP contribution is -2.46. The second-order valence-electron chi connectivity index (χ2n) is 3.70. The number of nitrogens with two attached hydrogens (primary N) is 1. The van der Waals surface area contributed by atoms with E-state index >= 15 is 0 Å². The fourth-order valence-corrected chi connectivity index (χ4v) is 1.65. The van der Waals surface area contributed by atoms with Crippen LogP contribution in [-0.2, 0) is 9.53 Å². The average molecular weight is 171 g/mol. The molecule has 0 unspecified atom stereocenters. The van der Waals surface area contributed by atoms with Crippen LogP contribution in [0.2, 0.25) is 0 Å². The first kappa shape index (κ1) is 9.52. The average Bonchev–Trinajstić information content (AvgIpc) is 2.03. The predicted octanol–water partition coefficient (Wildman–Crippen LogP) is 1.21. The van der Waals surface area contributed by atoms with Gasteiger partial charge >= 0.3 is 5.97 Å². The highest BCUT2D eigenvalue weighted by atomic mass is 16.5. The number of hydrogen-bond donors (Lipinski definition) is 1. The summed E-state index contributed by atoms with van der Waals surface area (Å²) in [5.74, 6) is -0.231. The van der Waals surface area contributed by atoms with Crippen LogP contribution in [0, 0.1) is 0 Å². The van der Waals surface area contributed by atoms with E-state index in [-0.39, 0.29) is 11.5 Å². The van der Waals surface area contributed by atoms with Crippen LogP contribution in [0.5, 0.6) is 0 Å². The fraction of sp³-hybridized carbons (Fsp3) is 0.889. The lowest BCUT2D eigenvalue weighted by molar-refractivity contribution is -0.143. The zero-order valence-electron chi connectivity index (χ0n) is 7.64. The molecule has 70 valence electrons. The molecule has 0 atom stereocenters. The van der Waals surface area contributed by atoms with Gasteiger partial charge in [0, 0.05) is 6.92 Å². The molecule has 0 saturated heterocycles. The first-order valence-corrected chi connectivity index (χ1v) is 4.55. The largest absolute Gasteiger partial charge is 0.464 e. The number of carbonyl (C=O) groups excluding carboxylic acids is 1. The smallest absolute Gasteiger partial charge is 0.302 e. The van der Waals surface area contributed by atoms with Crippen LogP contribution in [-0.4, -0.2) is 18.1 Å². The number of carbonyl (C=O) groups is 1. The molecule has 1 aliphatic rings. The summed E-state index contributed by atoms with van der Waals surface area (Å²) in [4.78, 5) is 10.6. The van der Waals surface area contributed by atoms with Crippen molar-refractivity contribution in [1.29, 1.82) is 0 Å². The maximum Gasteiger partial charge on any atom is 0.302 e. The Hall–Kier alpha value is -0.570. The lowest BCUT2D eigenvalue weighted by atomic mass is 9.83. The molecule has 3 heteroatoms. The highest BCUT2D eigenvalue weighted by Crippen LogP contribution is 2.25. The Labute approximate surface area is 73.3 Å². The Morgan fingerprint density at radius 1 is 1.42 bits per heavy atom. The molecular formula is C9H17NO2. The third-order valence-corrected chi connectivity index (χ3v) is 2.41. The molecule has 12 heavy (non-hydrogen) atoms. The van der Waals surface area contributed by atoms with E-state index in [1.807, 2.05) is 0 Å². The van der Waals surface area contributed by atoms with Crippen LogP contribution in [0.25, 0.3) is 0 Å². The molecule has 2 N–H and O–H groups in total. The molecule has 1 aliphatic carbocycles. The lowest BCUT2D eigenvalue weighted by Gasteiger charge is -2.32. The van der Waals surface area contributed by atoms with Crippen LogP contribution in [0.1, 0.15) is 39.0 Å². The molecule has 0 amide bonds. The van der Waals surface area contributed by atoms with E-state index in [4.69, 9.17) is 10.5 Å². The SMILES string of the molecule is CC(=O)OCC1(N)CCCCC1. The predicted molar refractivity (Wildman–Crippen MR) is 46.6 cm³/mol. The minimum Gasteiger partial charge on any atom is -0.464 e. The van der Waals surface area contributed by atoms with Crippen molar-refractivity contribution in [2.75, 3.05) is 6.61 Å². The summed E-state index contributed by atoms with van der Waals surface area (Å²) >= 11 is 0. The van der Waals surface area contributed by atoms with Gasteiger partial charge in [-0.25, -0.2) is 0 Å². The van der Waals surface area contributed by atoms with Crippen molar-refractivity contribution in [3.63, 3.8) is 0 Å². The maximum atomic E-state index is 10.6. The van der Waals surface area contributed by atoms with Crippen molar-refractivity contribution >= 4 is 5.97 Å². The van der Waals surface area contributed by atoms with Gasteiger partial charge in [0.25, 0.3) is 0 Å². The molecule has 0 spiro atoms. The quantitative estimate of drug-likeness (QED) is 0.635. The number of esters is 1. The Morgan fingerprint density at radius 3 is 2.50 bits per heavy atom. The van der Waals surface area contributed by atoms with Crippen LogP contribution in [0.3, 0.4) is 0 Å². The van der Waals surface area contributed by atoms with E-state index in [1.165, 1.54) is 13.3 Å². The second-order valence-corrected chi connectivity index (χ2v) is 3.70. The van der Waals surface area contributed by atoms with Crippen molar-refractivity contribution < 1.29 is 9.53 Å². The van der Waals surface area contributed by atoms with Gasteiger partial charge in [0.15, 0.2) is 0 Å². The van der Waals surface area contributed by atoms with Gasteiger partial charge in [0.05, 0.1) is 5.54 Å². The normalized spacial score (nSPS) is 21.8. The van der Waals surface area contributed by atoms with Crippen LogP contribution in [0.4, 0.5) is 0 Å². The highest BCUT2D eigenvalue weighted by Gasteiger charge is 2.28. The molecule has 0 radical (unpaired) electrons. The third kappa shape index (κ3) is 2.81. The van der Waals surface area contributed by atoms with Gasteiger partial charge in [-0.1, -0.05) is 19.3 Å². The summed E-state index contributed by atoms with van der Waals surface area (Å²) in [6, 6.07) is 0. The number of ether oxygens (including phenoxy) is 1. The zero-order valence-corrected chi connectivity index (χ0v) is 7.64. The summed E-state index contributed by atoms with van der Waals surface area (Å²) in [5, 5.41) is 0. The molecule has 0 aliphatic heterocycles. The zero-order chi connectivity index (χ0) is 9.03. The van der Waals surface area contributed by atoms with Gasteiger partial charge < -0.3 is 10.5 Å². The Kier molecular flexibility index (Phi) is 3.09. The molecule has 0 aromatic rings. The molecule has 1 fully saturated rings. The van der Waals surface area contributed by atoms with Gasteiger partial charge in [-0.2, -0.15) is 0 Å². The van der Waals surface area contributed by atoms with Crippen LogP contribution < -0.4 is 5.73 Å². The first-order valence-electron chi connectivity index (χ1n) is 4.55. The molecule has 1 saturated carbocycles. The van der Waals surface area contributed by atoms with Gasteiger partial charge in [-0.15, -0.1) is 0 Å². The Morgan fingerprint density at radius 2 is 2.00 bits per heavy atom. The molecule has 0 aromatic carbocycles. The topological polar surface area (TPSA) is 52.3 Å². The Balaban J connectivity index is 2.31. The summed E-state index contributed by atoms with van der Waals surface area (Å²) < 4.78 is 4.92. The highest BCUT2D eigenvalue weighted by molar-refractivity contribution is 5.65. The molecule has 3 nitrogen and oxygen atoms in total. The maximum absolute atomic E-state index is 10.6. The number of rotatable bonds is 2. The standard InChI is InChI=1S/C9H17NO2/c1-8(11)12-7-9(10)5-3-2-4-6-9/h2-7,10H2,1H3.